The number of aliphatic hydroxyl groups excluding tert-OH is 1. The van der Waals surface area contributed by atoms with E-state index in [0.29, 0.717) is 16.1 Å². The zero-order chi connectivity index (χ0) is 14.7. The molecule has 5 heteroatoms. The third-order valence-electron chi connectivity index (χ3n) is 2.84. The molecule has 0 saturated carbocycles. The first-order valence-electron chi connectivity index (χ1n) is 5.83. The van der Waals surface area contributed by atoms with Crippen LogP contribution in [0.2, 0.25) is 5.02 Å². The Kier molecular flexibility index (Phi) is 4.37. The first-order valence-corrected chi connectivity index (χ1v) is 6.21. The second kappa shape index (κ2) is 6.03. The predicted molar refractivity (Wildman–Crippen MR) is 74.1 cm³/mol. The van der Waals surface area contributed by atoms with Crippen molar-refractivity contribution in [1.82, 2.24) is 0 Å². The van der Waals surface area contributed by atoms with E-state index in [1.54, 1.807) is 6.07 Å². The summed E-state index contributed by atoms with van der Waals surface area (Å²) in [5.41, 5.74) is 1.53. The van der Waals surface area contributed by atoms with Crippen LogP contribution in [-0.2, 0) is 11.3 Å². The van der Waals surface area contributed by atoms with Crippen LogP contribution < -0.4 is 0 Å². The SMILES string of the molecule is COC(=O)c1cc(Cl)cc(-c2cc(CO)ccc2F)c1. The minimum absolute atomic E-state index is 0.197. The van der Waals surface area contributed by atoms with Crippen LogP contribution in [0, 0.1) is 5.82 Å². The lowest BCUT2D eigenvalue weighted by atomic mass is 10.0. The first kappa shape index (κ1) is 14.5. The number of aliphatic hydroxyl groups is 1. The molecule has 0 saturated heterocycles. The van der Waals surface area contributed by atoms with E-state index >= 15 is 0 Å². The van der Waals surface area contributed by atoms with Gasteiger partial charge < -0.3 is 9.84 Å². The highest BCUT2D eigenvalue weighted by Gasteiger charge is 2.12. The van der Waals surface area contributed by atoms with Crippen LogP contribution in [0.4, 0.5) is 4.39 Å². The van der Waals surface area contributed by atoms with Crippen molar-refractivity contribution in [2.45, 2.75) is 6.61 Å². The summed E-state index contributed by atoms with van der Waals surface area (Å²) in [4.78, 5) is 11.5. The van der Waals surface area contributed by atoms with Gasteiger partial charge in [-0.3, -0.25) is 0 Å². The maximum Gasteiger partial charge on any atom is 0.337 e. The normalized spacial score (nSPS) is 10.4. The number of hydrogen-bond acceptors (Lipinski definition) is 3. The lowest BCUT2D eigenvalue weighted by Crippen LogP contribution is -2.01. The Bertz CT molecular complexity index is 656. The van der Waals surface area contributed by atoms with Crippen LogP contribution in [0.25, 0.3) is 11.1 Å². The first-order chi connectivity index (χ1) is 9.55. The molecule has 0 aliphatic rings. The van der Waals surface area contributed by atoms with E-state index < -0.39 is 11.8 Å². The average Bonchev–Trinajstić information content (AvgIpc) is 2.46. The van der Waals surface area contributed by atoms with Gasteiger partial charge in [0.05, 0.1) is 19.3 Å². The van der Waals surface area contributed by atoms with Crippen molar-refractivity contribution >= 4 is 17.6 Å². The number of halogens is 2. The summed E-state index contributed by atoms with van der Waals surface area (Å²) >= 11 is 5.95. The second-order valence-electron chi connectivity index (χ2n) is 4.19. The lowest BCUT2D eigenvalue weighted by molar-refractivity contribution is 0.0601. The third-order valence-corrected chi connectivity index (χ3v) is 3.06. The van der Waals surface area contributed by atoms with Gasteiger partial charge in [0.25, 0.3) is 0 Å². The van der Waals surface area contributed by atoms with Gasteiger partial charge in [-0.2, -0.15) is 0 Å². The van der Waals surface area contributed by atoms with Crippen molar-refractivity contribution in [2.24, 2.45) is 0 Å². The summed E-state index contributed by atoms with van der Waals surface area (Å²) in [6.07, 6.45) is 0. The maximum atomic E-state index is 13.9. The Morgan fingerprint density at radius 3 is 2.70 bits per heavy atom. The quantitative estimate of drug-likeness (QED) is 0.882. The standard InChI is InChI=1S/C15H12ClFO3/c1-20-15(19)11-5-10(6-12(16)7-11)13-4-9(8-18)2-3-14(13)17/h2-7,18H,8H2,1H3. The van der Waals surface area contributed by atoms with E-state index in [4.69, 9.17) is 16.7 Å². The molecule has 0 bridgehead atoms. The van der Waals surface area contributed by atoms with E-state index in [-0.39, 0.29) is 17.7 Å². The molecule has 1 N–H and O–H groups in total. The van der Waals surface area contributed by atoms with E-state index in [2.05, 4.69) is 4.74 Å². The number of rotatable bonds is 3. The van der Waals surface area contributed by atoms with Crippen LogP contribution in [0.5, 0.6) is 0 Å². The number of hydrogen-bond donors (Lipinski definition) is 1. The number of ether oxygens (including phenoxy) is 1. The molecule has 0 fully saturated rings. The summed E-state index contributed by atoms with van der Waals surface area (Å²) in [6.45, 7) is -0.197. The van der Waals surface area contributed by atoms with Crippen molar-refractivity contribution in [2.75, 3.05) is 7.11 Å². The highest BCUT2D eigenvalue weighted by molar-refractivity contribution is 6.31. The van der Waals surface area contributed by atoms with E-state index in [1.165, 1.54) is 37.4 Å². The zero-order valence-corrected chi connectivity index (χ0v) is 11.4. The molecule has 0 spiro atoms. The highest BCUT2D eigenvalue weighted by Crippen LogP contribution is 2.28. The Labute approximate surface area is 120 Å². The molecule has 0 unspecified atom stereocenters. The van der Waals surface area contributed by atoms with Crippen molar-refractivity contribution in [3.63, 3.8) is 0 Å². The van der Waals surface area contributed by atoms with Gasteiger partial charge in [-0.25, -0.2) is 9.18 Å². The fourth-order valence-corrected chi connectivity index (χ4v) is 2.11. The summed E-state index contributed by atoms with van der Waals surface area (Å²) in [5.74, 6) is -1.01. The van der Waals surface area contributed by atoms with E-state index in [9.17, 15) is 9.18 Å². The number of benzene rings is 2. The fourth-order valence-electron chi connectivity index (χ4n) is 1.87. The Morgan fingerprint density at radius 2 is 2.05 bits per heavy atom. The number of carbonyl (C=O) groups excluding carboxylic acids is 1. The smallest absolute Gasteiger partial charge is 0.337 e. The molecule has 0 atom stereocenters. The molecule has 2 aromatic carbocycles. The Balaban J connectivity index is 2.57. The van der Waals surface area contributed by atoms with Gasteiger partial charge in [0.1, 0.15) is 5.82 Å². The summed E-state index contributed by atoms with van der Waals surface area (Å²) < 4.78 is 18.5. The molecule has 0 aromatic heterocycles. The van der Waals surface area contributed by atoms with Gasteiger partial charge in [0.15, 0.2) is 0 Å². The van der Waals surface area contributed by atoms with Crippen LogP contribution in [-0.4, -0.2) is 18.2 Å². The minimum Gasteiger partial charge on any atom is -0.465 e. The molecule has 0 heterocycles. The van der Waals surface area contributed by atoms with Crippen LogP contribution >= 0.6 is 11.6 Å². The van der Waals surface area contributed by atoms with Gasteiger partial charge in [0.2, 0.25) is 0 Å². The molecule has 3 nitrogen and oxygen atoms in total. The molecule has 0 amide bonds. The summed E-state index contributed by atoms with van der Waals surface area (Å²) in [7, 11) is 1.26. The summed E-state index contributed by atoms with van der Waals surface area (Å²) in [5, 5.41) is 9.42. The van der Waals surface area contributed by atoms with Crippen LogP contribution in [0.3, 0.4) is 0 Å². The molecule has 0 aliphatic heterocycles. The molecule has 20 heavy (non-hydrogen) atoms. The topological polar surface area (TPSA) is 46.5 Å². The second-order valence-corrected chi connectivity index (χ2v) is 4.63. The number of methoxy groups -OCH3 is 1. The van der Waals surface area contributed by atoms with Gasteiger partial charge in [-0.05, 0) is 41.5 Å². The maximum absolute atomic E-state index is 13.9. The zero-order valence-electron chi connectivity index (χ0n) is 10.7. The van der Waals surface area contributed by atoms with Crippen molar-refractivity contribution in [1.29, 1.82) is 0 Å². The van der Waals surface area contributed by atoms with Gasteiger partial charge >= 0.3 is 5.97 Å². The molecule has 0 aliphatic carbocycles. The summed E-state index contributed by atoms with van der Waals surface area (Å²) in [6, 6.07) is 8.77. The Morgan fingerprint density at radius 1 is 1.30 bits per heavy atom. The van der Waals surface area contributed by atoms with Crippen molar-refractivity contribution in [3.8, 4) is 11.1 Å². The molecular weight excluding hydrogens is 283 g/mol. The van der Waals surface area contributed by atoms with Gasteiger partial charge in [-0.15, -0.1) is 0 Å². The van der Waals surface area contributed by atoms with E-state index in [0.717, 1.165) is 0 Å². The number of esters is 1. The van der Waals surface area contributed by atoms with Crippen molar-refractivity contribution in [3.05, 3.63) is 58.4 Å². The van der Waals surface area contributed by atoms with Crippen LogP contribution in [0.15, 0.2) is 36.4 Å². The Hall–Kier alpha value is -1.91. The third kappa shape index (κ3) is 2.98. The average molecular weight is 295 g/mol. The molecule has 0 radical (unpaired) electrons. The van der Waals surface area contributed by atoms with Crippen LogP contribution in [0.1, 0.15) is 15.9 Å². The molecule has 2 rings (SSSR count). The fraction of sp³-hybridized carbons (Fsp3) is 0.133. The number of carbonyl (C=O) groups is 1. The highest BCUT2D eigenvalue weighted by atomic mass is 35.5. The molecular formula is C15H12ClFO3. The molecule has 2 aromatic rings. The van der Waals surface area contributed by atoms with E-state index in [1.807, 2.05) is 0 Å². The monoisotopic (exact) mass is 294 g/mol. The lowest BCUT2D eigenvalue weighted by Gasteiger charge is -2.08. The molecule has 104 valence electrons. The largest absolute Gasteiger partial charge is 0.465 e. The van der Waals surface area contributed by atoms with Crippen molar-refractivity contribution < 1.29 is 19.0 Å². The predicted octanol–water partition coefficient (Wildman–Crippen LogP) is 3.43. The minimum atomic E-state index is -0.549. The van der Waals surface area contributed by atoms with Gasteiger partial charge in [-0.1, -0.05) is 17.7 Å². The van der Waals surface area contributed by atoms with Gasteiger partial charge in [0, 0.05) is 10.6 Å².